The number of halogens is 1. The number of piperidine rings is 1. The molecule has 1 saturated heterocycles. The largest absolute Gasteiger partial charge is 0.368 e. The van der Waals surface area contributed by atoms with Gasteiger partial charge in [0.1, 0.15) is 5.60 Å². The Hall–Kier alpha value is -1.47. The molecule has 0 spiro atoms. The number of ether oxygens (including phenoxy) is 1. The van der Waals surface area contributed by atoms with Crippen LogP contribution in [0.2, 0.25) is 5.02 Å². The number of rotatable bonds is 4. The lowest BCUT2D eigenvalue weighted by atomic mass is 9.91. The Morgan fingerprint density at radius 2 is 2.13 bits per heavy atom. The van der Waals surface area contributed by atoms with Gasteiger partial charge < -0.3 is 10.1 Å². The van der Waals surface area contributed by atoms with Crippen molar-refractivity contribution in [2.75, 3.05) is 25.5 Å². The van der Waals surface area contributed by atoms with E-state index in [0.29, 0.717) is 23.0 Å². The summed E-state index contributed by atoms with van der Waals surface area (Å²) in [6.07, 6.45) is 1.30. The number of nitrogens with one attached hydrogen (secondary N) is 2. The summed E-state index contributed by atoms with van der Waals surface area (Å²) in [6, 6.07) is 7.52. The maximum Gasteiger partial charge on any atom is 0.258 e. The summed E-state index contributed by atoms with van der Waals surface area (Å²) >= 11 is 7.57. The fourth-order valence-corrected chi connectivity index (χ4v) is 3.63. The van der Waals surface area contributed by atoms with E-state index in [1.54, 1.807) is 7.11 Å². The predicted octanol–water partition coefficient (Wildman–Crippen LogP) is 3.17. The Bertz CT molecular complexity index is 698. The second kappa shape index (κ2) is 6.97. The Balaban J connectivity index is 1.76. The van der Waals surface area contributed by atoms with E-state index in [4.69, 9.17) is 16.3 Å². The SMILES string of the molecule is COC1(C(=O)Nc2nc(-c3ccccc3Cl)cs2)CCNCC1. The van der Waals surface area contributed by atoms with Crippen molar-refractivity contribution in [3.05, 3.63) is 34.7 Å². The first-order valence-electron chi connectivity index (χ1n) is 7.42. The van der Waals surface area contributed by atoms with Gasteiger partial charge in [0.05, 0.1) is 5.69 Å². The minimum atomic E-state index is -0.776. The quantitative estimate of drug-likeness (QED) is 0.888. The van der Waals surface area contributed by atoms with Gasteiger partial charge in [0.15, 0.2) is 5.13 Å². The highest BCUT2D eigenvalue weighted by molar-refractivity contribution is 7.14. The van der Waals surface area contributed by atoms with Crippen LogP contribution in [0.5, 0.6) is 0 Å². The average molecular weight is 352 g/mol. The van der Waals surface area contributed by atoms with Gasteiger partial charge in [-0.25, -0.2) is 4.98 Å². The van der Waals surface area contributed by atoms with Crippen LogP contribution in [0.4, 0.5) is 5.13 Å². The van der Waals surface area contributed by atoms with Crippen LogP contribution in [0.25, 0.3) is 11.3 Å². The fourth-order valence-electron chi connectivity index (χ4n) is 2.69. The lowest BCUT2D eigenvalue weighted by Crippen LogP contribution is -2.51. The number of hydrogen-bond donors (Lipinski definition) is 2. The molecule has 0 atom stereocenters. The van der Waals surface area contributed by atoms with Crippen molar-refractivity contribution in [2.24, 2.45) is 0 Å². The second-order valence-corrected chi connectivity index (χ2v) is 6.69. The van der Waals surface area contributed by atoms with E-state index in [0.717, 1.165) is 24.3 Å². The molecule has 0 bridgehead atoms. The minimum absolute atomic E-state index is 0.137. The highest BCUT2D eigenvalue weighted by Crippen LogP contribution is 2.31. The van der Waals surface area contributed by atoms with E-state index < -0.39 is 5.60 Å². The molecule has 122 valence electrons. The molecule has 2 aromatic rings. The van der Waals surface area contributed by atoms with Gasteiger partial charge in [0.25, 0.3) is 5.91 Å². The molecule has 3 rings (SSSR count). The van der Waals surface area contributed by atoms with Gasteiger partial charge in [-0.3, -0.25) is 10.1 Å². The highest BCUT2D eigenvalue weighted by Gasteiger charge is 2.40. The number of carbonyl (C=O) groups is 1. The van der Waals surface area contributed by atoms with Crippen LogP contribution in [-0.4, -0.2) is 36.7 Å². The van der Waals surface area contributed by atoms with Crippen LogP contribution in [0.3, 0.4) is 0 Å². The summed E-state index contributed by atoms with van der Waals surface area (Å²) in [4.78, 5) is 17.1. The number of anilines is 1. The van der Waals surface area contributed by atoms with Gasteiger partial charge in [-0.1, -0.05) is 29.8 Å². The van der Waals surface area contributed by atoms with Gasteiger partial charge in [-0.2, -0.15) is 0 Å². The van der Waals surface area contributed by atoms with Crippen molar-refractivity contribution in [1.82, 2.24) is 10.3 Å². The summed E-state index contributed by atoms with van der Waals surface area (Å²) in [5.41, 5.74) is 0.837. The predicted molar refractivity (Wildman–Crippen MR) is 93.0 cm³/mol. The molecule has 0 aliphatic carbocycles. The van der Waals surface area contributed by atoms with Gasteiger partial charge in [0, 0.05) is 23.1 Å². The molecule has 1 fully saturated rings. The van der Waals surface area contributed by atoms with E-state index in [-0.39, 0.29) is 5.91 Å². The number of nitrogens with zero attached hydrogens (tertiary/aromatic N) is 1. The first-order valence-corrected chi connectivity index (χ1v) is 8.68. The van der Waals surface area contributed by atoms with Crippen LogP contribution in [0.15, 0.2) is 29.6 Å². The van der Waals surface area contributed by atoms with E-state index in [1.165, 1.54) is 11.3 Å². The smallest absolute Gasteiger partial charge is 0.258 e. The van der Waals surface area contributed by atoms with Crippen molar-refractivity contribution in [3.63, 3.8) is 0 Å². The molecule has 23 heavy (non-hydrogen) atoms. The molecule has 2 N–H and O–H groups in total. The second-order valence-electron chi connectivity index (χ2n) is 5.42. The normalized spacial score (nSPS) is 17.0. The zero-order valence-corrected chi connectivity index (χ0v) is 14.3. The molecule has 1 aliphatic heterocycles. The summed E-state index contributed by atoms with van der Waals surface area (Å²) in [5, 5.41) is 9.21. The zero-order chi connectivity index (χ0) is 16.3. The topological polar surface area (TPSA) is 63.2 Å². The van der Waals surface area contributed by atoms with Crippen molar-refractivity contribution in [3.8, 4) is 11.3 Å². The monoisotopic (exact) mass is 351 g/mol. The van der Waals surface area contributed by atoms with Gasteiger partial charge >= 0.3 is 0 Å². The van der Waals surface area contributed by atoms with Gasteiger partial charge in [0.2, 0.25) is 0 Å². The number of hydrogen-bond acceptors (Lipinski definition) is 5. The van der Waals surface area contributed by atoms with Gasteiger partial charge in [-0.15, -0.1) is 11.3 Å². The molecule has 1 aliphatic rings. The lowest BCUT2D eigenvalue weighted by molar-refractivity contribution is -0.140. The third kappa shape index (κ3) is 3.40. The minimum Gasteiger partial charge on any atom is -0.368 e. The molecule has 2 heterocycles. The number of carbonyl (C=O) groups excluding carboxylic acids is 1. The molecular weight excluding hydrogens is 334 g/mol. The molecule has 0 unspecified atom stereocenters. The Labute approximate surface area is 144 Å². The third-order valence-corrected chi connectivity index (χ3v) is 5.18. The zero-order valence-electron chi connectivity index (χ0n) is 12.8. The van der Waals surface area contributed by atoms with Crippen molar-refractivity contribution >= 4 is 34.0 Å². The van der Waals surface area contributed by atoms with E-state index >= 15 is 0 Å². The van der Waals surface area contributed by atoms with E-state index in [9.17, 15) is 4.79 Å². The number of methoxy groups -OCH3 is 1. The maximum absolute atomic E-state index is 12.6. The van der Waals surface area contributed by atoms with E-state index in [1.807, 2.05) is 29.6 Å². The summed E-state index contributed by atoms with van der Waals surface area (Å²) < 4.78 is 5.53. The number of amides is 1. The molecule has 7 heteroatoms. The summed E-state index contributed by atoms with van der Waals surface area (Å²) in [7, 11) is 1.59. The Morgan fingerprint density at radius 1 is 1.39 bits per heavy atom. The summed E-state index contributed by atoms with van der Waals surface area (Å²) in [6.45, 7) is 1.54. The molecule has 5 nitrogen and oxygen atoms in total. The number of aromatic nitrogens is 1. The molecule has 1 aromatic heterocycles. The van der Waals surface area contributed by atoms with Crippen molar-refractivity contribution < 1.29 is 9.53 Å². The molecule has 1 amide bonds. The van der Waals surface area contributed by atoms with Crippen LogP contribution < -0.4 is 10.6 Å². The molecule has 0 radical (unpaired) electrons. The Kier molecular flexibility index (Phi) is 4.96. The fraction of sp³-hybridized carbons (Fsp3) is 0.375. The van der Waals surface area contributed by atoms with Crippen molar-refractivity contribution in [2.45, 2.75) is 18.4 Å². The van der Waals surface area contributed by atoms with Gasteiger partial charge in [-0.05, 0) is 32.0 Å². The number of benzene rings is 1. The average Bonchev–Trinajstić information content (AvgIpc) is 3.04. The van der Waals surface area contributed by atoms with Crippen molar-refractivity contribution in [1.29, 1.82) is 0 Å². The Morgan fingerprint density at radius 3 is 2.83 bits per heavy atom. The molecular formula is C16H18ClN3O2S. The lowest BCUT2D eigenvalue weighted by Gasteiger charge is -2.34. The first-order chi connectivity index (χ1) is 11.1. The number of thiazole rings is 1. The van der Waals surface area contributed by atoms with Crippen LogP contribution in [0.1, 0.15) is 12.8 Å². The van der Waals surface area contributed by atoms with Crippen LogP contribution in [-0.2, 0) is 9.53 Å². The maximum atomic E-state index is 12.6. The molecule has 0 saturated carbocycles. The standard InChI is InChI=1S/C16H18ClN3O2S/c1-22-16(6-8-18-9-7-16)14(21)20-15-19-13(10-23-15)11-4-2-3-5-12(11)17/h2-5,10,18H,6-9H2,1H3,(H,19,20,21). The van der Waals surface area contributed by atoms with Crippen LogP contribution >= 0.6 is 22.9 Å². The molecule has 1 aromatic carbocycles. The van der Waals surface area contributed by atoms with E-state index in [2.05, 4.69) is 15.6 Å². The van der Waals surface area contributed by atoms with Crippen LogP contribution in [0, 0.1) is 0 Å². The third-order valence-electron chi connectivity index (χ3n) is 4.09. The first kappa shape index (κ1) is 16.4. The highest BCUT2D eigenvalue weighted by atomic mass is 35.5. The summed E-state index contributed by atoms with van der Waals surface area (Å²) in [5.74, 6) is -0.137.